The fourth-order valence-corrected chi connectivity index (χ4v) is 2.07. The summed E-state index contributed by atoms with van der Waals surface area (Å²) in [6, 6.07) is 18.3. The second kappa shape index (κ2) is 9.47. The molecule has 0 radical (unpaired) electrons. The molecule has 0 spiro atoms. The van der Waals surface area contributed by atoms with Gasteiger partial charge in [-0.15, -0.1) is 0 Å². The Balaban J connectivity index is 1.65. The molecule has 0 saturated heterocycles. The number of carbonyl (C=O) groups excluding carboxylic acids is 2. The van der Waals surface area contributed by atoms with E-state index in [1.54, 1.807) is 0 Å². The SMILES string of the molecule is [NH3+][C@@H](CCC(=O)OCc1ccccc1)C(=O)OCc1ccccc1. The lowest BCUT2D eigenvalue weighted by Gasteiger charge is -2.09. The molecule has 5 heteroatoms. The summed E-state index contributed by atoms with van der Waals surface area (Å²) in [7, 11) is 0. The van der Waals surface area contributed by atoms with E-state index in [2.05, 4.69) is 5.73 Å². The molecule has 0 aliphatic heterocycles. The molecule has 126 valence electrons. The van der Waals surface area contributed by atoms with E-state index in [4.69, 9.17) is 9.47 Å². The van der Waals surface area contributed by atoms with Crippen LogP contribution in [0, 0.1) is 0 Å². The van der Waals surface area contributed by atoms with E-state index in [0.29, 0.717) is 6.42 Å². The lowest BCUT2D eigenvalue weighted by Crippen LogP contribution is -2.65. The molecule has 0 aromatic heterocycles. The Kier molecular flexibility index (Phi) is 6.98. The van der Waals surface area contributed by atoms with Crippen molar-refractivity contribution in [3.63, 3.8) is 0 Å². The molecule has 3 N–H and O–H groups in total. The van der Waals surface area contributed by atoms with Gasteiger partial charge in [0.05, 0.1) is 6.42 Å². The zero-order chi connectivity index (χ0) is 17.2. The Morgan fingerprint density at radius 2 is 1.33 bits per heavy atom. The predicted octanol–water partition coefficient (Wildman–Crippen LogP) is 1.86. The van der Waals surface area contributed by atoms with Crippen molar-refractivity contribution in [2.24, 2.45) is 0 Å². The van der Waals surface area contributed by atoms with E-state index < -0.39 is 12.0 Å². The molecule has 2 rings (SSSR count). The van der Waals surface area contributed by atoms with Gasteiger partial charge in [-0.05, 0) is 11.1 Å². The monoisotopic (exact) mass is 328 g/mol. The van der Waals surface area contributed by atoms with Gasteiger partial charge in [-0.2, -0.15) is 0 Å². The van der Waals surface area contributed by atoms with Gasteiger partial charge in [0.2, 0.25) is 0 Å². The average molecular weight is 328 g/mol. The standard InChI is InChI=1S/C19H21NO4/c20-17(19(22)24-14-16-9-5-2-6-10-16)11-12-18(21)23-13-15-7-3-1-4-8-15/h1-10,17H,11-14,20H2/p+1/t17-/m0/s1. The van der Waals surface area contributed by atoms with Gasteiger partial charge >= 0.3 is 11.9 Å². The van der Waals surface area contributed by atoms with Crippen LogP contribution in [0.4, 0.5) is 0 Å². The molecule has 0 aliphatic rings. The maximum Gasteiger partial charge on any atom is 0.365 e. The fourth-order valence-electron chi connectivity index (χ4n) is 2.07. The molecule has 0 heterocycles. The van der Waals surface area contributed by atoms with Gasteiger partial charge in [-0.1, -0.05) is 60.7 Å². The van der Waals surface area contributed by atoms with Crippen molar-refractivity contribution >= 4 is 11.9 Å². The van der Waals surface area contributed by atoms with Crippen LogP contribution in [-0.4, -0.2) is 18.0 Å². The summed E-state index contributed by atoms with van der Waals surface area (Å²) in [4.78, 5) is 23.6. The zero-order valence-electron chi connectivity index (χ0n) is 13.5. The van der Waals surface area contributed by atoms with Crippen molar-refractivity contribution in [1.82, 2.24) is 0 Å². The van der Waals surface area contributed by atoms with E-state index in [1.165, 1.54) is 0 Å². The van der Waals surface area contributed by atoms with Crippen LogP contribution in [0.3, 0.4) is 0 Å². The molecule has 2 aromatic rings. The summed E-state index contributed by atoms with van der Waals surface area (Å²) < 4.78 is 10.4. The lowest BCUT2D eigenvalue weighted by molar-refractivity contribution is -0.409. The molecule has 1 atom stereocenters. The molecule has 5 nitrogen and oxygen atoms in total. The minimum absolute atomic E-state index is 0.140. The van der Waals surface area contributed by atoms with Crippen molar-refractivity contribution < 1.29 is 24.8 Å². The highest BCUT2D eigenvalue weighted by Gasteiger charge is 2.20. The summed E-state index contributed by atoms with van der Waals surface area (Å²) in [6.45, 7) is 0.448. The van der Waals surface area contributed by atoms with Crippen LogP contribution in [-0.2, 0) is 32.3 Å². The Hall–Kier alpha value is -2.66. The zero-order valence-corrected chi connectivity index (χ0v) is 13.5. The average Bonchev–Trinajstić information content (AvgIpc) is 2.64. The number of ether oxygens (including phenoxy) is 2. The van der Waals surface area contributed by atoms with E-state index in [0.717, 1.165) is 11.1 Å². The van der Waals surface area contributed by atoms with Gasteiger partial charge in [-0.25, -0.2) is 4.79 Å². The number of carbonyl (C=O) groups is 2. The maximum absolute atomic E-state index is 11.9. The summed E-state index contributed by atoms with van der Waals surface area (Å²) in [6.07, 6.45) is 0.447. The van der Waals surface area contributed by atoms with Crippen LogP contribution in [0.2, 0.25) is 0 Å². The quantitative estimate of drug-likeness (QED) is 0.750. The van der Waals surface area contributed by atoms with Gasteiger partial charge < -0.3 is 15.2 Å². The smallest absolute Gasteiger partial charge is 0.365 e. The topological polar surface area (TPSA) is 80.2 Å². The third kappa shape index (κ3) is 6.22. The van der Waals surface area contributed by atoms with Crippen molar-refractivity contribution in [1.29, 1.82) is 0 Å². The summed E-state index contributed by atoms with van der Waals surface area (Å²) in [5, 5.41) is 0. The number of benzene rings is 2. The van der Waals surface area contributed by atoms with Gasteiger partial charge in [0.1, 0.15) is 13.2 Å². The molecule has 0 aliphatic carbocycles. The molecule has 24 heavy (non-hydrogen) atoms. The Bertz CT molecular complexity index is 643. The molecule has 0 bridgehead atoms. The van der Waals surface area contributed by atoms with E-state index >= 15 is 0 Å². The van der Waals surface area contributed by atoms with Crippen LogP contribution in [0.5, 0.6) is 0 Å². The van der Waals surface area contributed by atoms with Crippen molar-refractivity contribution in [2.75, 3.05) is 0 Å². The third-order valence-electron chi connectivity index (χ3n) is 3.50. The largest absolute Gasteiger partial charge is 0.461 e. The number of esters is 2. The first-order valence-corrected chi connectivity index (χ1v) is 7.88. The number of quaternary nitrogens is 1. The highest BCUT2D eigenvalue weighted by atomic mass is 16.5. The minimum atomic E-state index is -0.585. The van der Waals surface area contributed by atoms with E-state index in [9.17, 15) is 9.59 Å². The minimum Gasteiger partial charge on any atom is -0.461 e. The van der Waals surface area contributed by atoms with E-state index in [-0.39, 0.29) is 25.6 Å². The van der Waals surface area contributed by atoms with Crippen LogP contribution in [0.1, 0.15) is 24.0 Å². The maximum atomic E-state index is 11.9. The lowest BCUT2D eigenvalue weighted by atomic mass is 10.1. The second-order valence-corrected chi connectivity index (χ2v) is 5.48. The van der Waals surface area contributed by atoms with Crippen LogP contribution < -0.4 is 5.73 Å². The molecule has 0 unspecified atom stereocenters. The first-order valence-electron chi connectivity index (χ1n) is 7.88. The summed E-state index contributed by atoms with van der Waals surface area (Å²) in [5.41, 5.74) is 5.61. The van der Waals surface area contributed by atoms with Gasteiger partial charge in [0.15, 0.2) is 6.04 Å². The molecule has 0 fully saturated rings. The number of rotatable bonds is 8. The van der Waals surface area contributed by atoms with Gasteiger partial charge in [-0.3, -0.25) is 4.79 Å². The summed E-state index contributed by atoms with van der Waals surface area (Å²) in [5.74, 6) is -0.752. The molecular weight excluding hydrogens is 306 g/mol. The highest BCUT2D eigenvalue weighted by Crippen LogP contribution is 2.05. The molecular formula is C19H22NO4+. The third-order valence-corrected chi connectivity index (χ3v) is 3.50. The fraction of sp³-hybridized carbons (Fsp3) is 0.263. The van der Waals surface area contributed by atoms with Crippen molar-refractivity contribution in [3.8, 4) is 0 Å². The Morgan fingerprint density at radius 1 is 0.833 bits per heavy atom. The normalized spacial score (nSPS) is 11.5. The first kappa shape index (κ1) is 17.7. The molecule has 0 saturated carbocycles. The van der Waals surface area contributed by atoms with Gasteiger partial charge in [0, 0.05) is 6.42 Å². The van der Waals surface area contributed by atoms with Crippen LogP contribution in [0.15, 0.2) is 60.7 Å². The Labute approximate surface area is 141 Å². The predicted molar refractivity (Wildman–Crippen MR) is 88.4 cm³/mol. The van der Waals surface area contributed by atoms with Crippen molar-refractivity contribution in [3.05, 3.63) is 71.8 Å². The molecule has 2 aromatic carbocycles. The second-order valence-electron chi connectivity index (χ2n) is 5.48. The summed E-state index contributed by atoms with van der Waals surface area (Å²) >= 11 is 0. The highest BCUT2D eigenvalue weighted by molar-refractivity contribution is 5.75. The number of hydrogen-bond donors (Lipinski definition) is 1. The first-order chi connectivity index (χ1) is 11.6. The van der Waals surface area contributed by atoms with Crippen molar-refractivity contribution in [2.45, 2.75) is 32.1 Å². The van der Waals surface area contributed by atoms with Gasteiger partial charge in [0.25, 0.3) is 0 Å². The molecule has 0 amide bonds. The van der Waals surface area contributed by atoms with E-state index in [1.807, 2.05) is 60.7 Å². The number of hydrogen-bond acceptors (Lipinski definition) is 4. The Morgan fingerprint density at radius 3 is 1.88 bits per heavy atom. The van der Waals surface area contributed by atoms with Crippen LogP contribution >= 0.6 is 0 Å². The van der Waals surface area contributed by atoms with Crippen LogP contribution in [0.25, 0.3) is 0 Å².